The molecule has 2 aromatic carbocycles. The van der Waals surface area contributed by atoms with Gasteiger partial charge >= 0.3 is 0 Å². The Bertz CT molecular complexity index is 902. The molecule has 154 valence electrons. The highest BCUT2D eigenvalue weighted by Gasteiger charge is 2.25. The lowest BCUT2D eigenvalue weighted by molar-refractivity contribution is -0.121. The van der Waals surface area contributed by atoms with Gasteiger partial charge in [0.1, 0.15) is 5.75 Å². The van der Waals surface area contributed by atoms with Crippen molar-refractivity contribution < 1.29 is 28.5 Å². The largest absolute Gasteiger partial charge is 0.493 e. The van der Waals surface area contributed by atoms with Gasteiger partial charge in [-0.3, -0.25) is 9.59 Å². The van der Waals surface area contributed by atoms with Gasteiger partial charge in [-0.2, -0.15) is 0 Å². The lowest BCUT2D eigenvalue weighted by Gasteiger charge is -2.29. The fourth-order valence-corrected chi connectivity index (χ4v) is 3.17. The second-order valence-corrected chi connectivity index (χ2v) is 6.38. The Morgan fingerprint density at radius 1 is 1.10 bits per heavy atom. The molecule has 1 N–H and O–H groups in total. The molecule has 29 heavy (non-hydrogen) atoms. The SMILES string of the molecule is CCCN1C(=O)COc2cc(NC(=O)c3cc(OC)c(OC)c(OC)c3)ccc21. The number of amides is 2. The number of methoxy groups -OCH3 is 3. The van der Waals surface area contributed by atoms with E-state index in [9.17, 15) is 9.59 Å². The van der Waals surface area contributed by atoms with E-state index in [4.69, 9.17) is 18.9 Å². The van der Waals surface area contributed by atoms with Gasteiger partial charge < -0.3 is 29.2 Å². The number of anilines is 2. The van der Waals surface area contributed by atoms with Crippen molar-refractivity contribution in [2.75, 3.05) is 44.7 Å². The number of rotatable bonds is 7. The van der Waals surface area contributed by atoms with Crippen LogP contribution in [0.4, 0.5) is 11.4 Å². The summed E-state index contributed by atoms with van der Waals surface area (Å²) in [4.78, 5) is 26.5. The number of nitrogens with one attached hydrogen (secondary N) is 1. The first-order valence-corrected chi connectivity index (χ1v) is 9.21. The van der Waals surface area contributed by atoms with Crippen LogP contribution in [0, 0.1) is 0 Å². The Kier molecular flexibility index (Phi) is 6.11. The molecule has 0 saturated heterocycles. The van der Waals surface area contributed by atoms with E-state index >= 15 is 0 Å². The summed E-state index contributed by atoms with van der Waals surface area (Å²) in [6.45, 7) is 2.61. The quantitative estimate of drug-likeness (QED) is 0.769. The second-order valence-electron chi connectivity index (χ2n) is 6.38. The molecule has 0 radical (unpaired) electrons. The first kappa shape index (κ1) is 20.3. The molecule has 0 saturated carbocycles. The van der Waals surface area contributed by atoms with Gasteiger partial charge in [0, 0.05) is 23.9 Å². The maximum absolute atomic E-state index is 12.8. The van der Waals surface area contributed by atoms with Gasteiger partial charge in [0.25, 0.3) is 11.8 Å². The number of hydrogen-bond donors (Lipinski definition) is 1. The molecule has 2 aromatic rings. The fourth-order valence-electron chi connectivity index (χ4n) is 3.17. The molecule has 1 aliphatic rings. The van der Waals surface area contributed by atoms with Crippen molar-refractivity contribution in [2.24, 2.45) is 0 Å². The highest BCUT2D eigenvalue weighted by molar-refractivity contribution is 6.06. The highest BCUT2D eigenvalue weighted by Crippen LogP contribution is 2.39. The summed E-state index contributed by atoms with van der Waals surface area (Å²) >= 11 is 0. The zero-order chi connectivity index (χ0) is 21.0. The van der Waals surface area contributed by atoms with Gasteiger partial charge in [0.05, 0.1) is 27.0 Å². The Morgan fingerprint density at radius 2 is 1.79 bits per heavy atom. The summed E-state index contributed by atoms with van der Waals surface area (Å²) in [5, 5.41) is 2.83. The second kappa shape index (κ2) is 8.72. The van der Waals surface area contributed by atoms with Crippen molar-refractivity contribution in [1.82, 2.24) is 0 Å². The van der Waals surface area contributed by atoms with Crippen molar-refractivity contribution in [1.29, 1.82) is 0 Å². The van der Waals surface area contributed by atoms with Gasteiger partial charge in [-0.1, -0.05) is 6.92 Å². The van der Waals surface area contributed by atoms with Gasteiger partial charge in [-0.15, -0.1) is 0 Å². The van der Waals surface area contributed by atoms with Crippen LogP contribution in [0.5, 0.6) is 23.0 Å². The number of ether oxygens (including phenoxy) is 4. The van der Waals surface area contributed by atoms with Crippen LogP contribution in [0.25, 0.3) is 0 Å². The third kappa shape index (κ3) is 4.06. The van der Waals surface area contributed by atoms with Crippen LogP contribution in [-0.4, -0.2) is 46.3 Å². The highest BCUT2D eigenvalue weighted by atomic mass is 16.5. The van der Waals surface area contributed by atoms with E-state index in [1.165, 1.54) is 21.3 Å². The number of benzene rings is 2. The van der Waals surface area contributed by atoms with Gasteiger partial charge in [-0.25, -0.2) is 0 Å². The average molecular weight is 400 g/mol. The van der Waals surface area contributed by atoms with E-state index in [1.54, 1.807) is 35.2 Å². The Balaban J connectivity index is 1.86. The Labute approximate surface area is 169 Å². The molecule has 3 rings (SSSR count). The molecule has 0 aromatic heterocycles. The number of nitrogens with zero attached hydrogens (tertiary/aromatic N) is 1. The molecule has 0 atom stereocenters. The van der Waals surface area contributed by atoms with E-state index in [0.717, 1.165) is 6.42 Å². The maximum Gasteiger partial charge on any atom is 0.265 e. The molecule has 0 spiro atoms. The summed E-state index contributed by atoms with van der Waals surface area (Å²) < 4.78 is 21.4. The molecule has 2 amide bonds. The predicted octanol–water partition coefficient (Wildman–Crippen LogP) is 3.10. The summed E-state index contributed by atoms with van der Waals surface area (Å²) in [6.07, 6.45) is 0.838. The minimum atomic E-state index is -0.346. The number of fused-ring (bicyclic) bond motifs is 1. The van der Waals surface area contributed by atoms with E-state index in [-0.39, 0.29) is 18.4 Å². The van der Waals surface area contributed by atoms with Crippen molar-refractivity contribution in [3.05, 3.63) is 35.9 Å². The molecule has 0 unspecified atom stereocenters. The zero-order valence-corrected chi connectivity index (χ0v) is 16.9. The molecule has 8 nitrogen and oxygen atoms in total. The minimum Gasteiger partial charge on any atom is -0.493 e. The predicted molar refractivity (Wildman–Crippen MR) is 109 cm³/mol. The van der Waals surface area contributed by atoms with Crippen LogP contribution in [0.15, 0.2) is 30.3 Å². The van der Waals surface area contributed by atoms with E-state index < -0.39 is 0 Å². The monoisotopic (exact) mass is 400 g/mol. The van der Waals surface area contributed by atoms with Crippen LogP contribution in [0.2, 0.25) is 0 Å². The summed E-state index contributed by atoms with van der Waals surface area (Å²) in [5.41, 5.74) is 1.60. The van der Waals surface area contributed by atoms with Crippen LogP contribution in [0.1, 0.15) is 23.7 Å². The molecule has 0 aliphatic carbocycles. The normalized spacial score (nSPS) is 12.7. The Morgan fingerprint density at radius 3 is 2.38 bits per heavy atom. The lowest BCUT2D eigenvalue weighted by Crippen LogP contribution is -2.39. The number of hydrogen-bond acceptors (Lipinski definition) is 6. The first-order valence-electron chi connectivity index (χ1n) is 9.21. The van der Waals surface area contributed by atoms with E-state index in [0.29, 0.717) is 46.5 Å². The average Bonchev–Trinajstić information content (AvgIpc) is 2.74. The summed E-state index contributed by atoms with van der Waals surface area (Å²) in [7, 11) is 4.48. The van der Waals surface area contributed by atoms with E-state index in [2.05, 4.69) is 5.32 Å². The zero-order valence-electron chi connectivity index (χ0n) is 16.9. The summed E-state index contributed by atoms with van der Waals surface area (Å²) in [6, 6.07) is 8.37. The number of carbonyl (C=O) groups is 2. The number of carbonyl (C=O) groups excluding carboxylic acids is 2. The minimum absolute atomic E-state index is 0.0166. The van der Waals surface area contributed by atoms with Crippen molar-refractivity contribution in [3.63, 3.8) is 0 Å². The van der Waals surface area contributed by atoms with Gasteiger partial charge in [-0.05, 0) is 30.7 Å². The maximum atomic E-state index is 12.8. The molecule has 8 heteroatoms. The standard InChI is InChI=1S/C21H24N2O6/c1-5-8-23-15-7-6-14(11-16(15)29-12-19(23)24)22-21(25)13-9-17(26-2)20(28-4)18(10-13)27-3/h6-7,9-11H,5,8,12H2,1-4H3,(H,22,25). The van der Waals surface area contributed by atoms with Crippen LogP contribution in [-0.2, 0) is 4.79 Å². The van der Waals surface area contributed by atoms with Crippen LogP contribution in [0.3, 0.4) is 0 Å². The first-order chi connectivity index (χ1) is 14.0. The van der Waals surface area contributed by atoms with Gasteiger partial charge in [0.2, 0.25) is 5.75 Å². The lowest BCUT2D eigenvalue weighted by atomic mass is 10.1. The van der Waals surface area contributed by atoms with Crippen molar-refractivity contribution in [2.45, 2.75) is 13.3 Å². The van der Waals surface area contributed by atoms with E-state index in [1.807, 2.05) is 6.92 Å². The summed E-state index contributed by atoms with van der Waals surface area (Å²) in [5.74, 6) is 1.32. The third-order valence-electron chi connectivity index (χ3n) is 4.53. The smallest absolute Gasteiger partial charge is 0.265 e. The molecular weight excluding hydrogens is 376 g/mol. The molecule has 1 heterocycles. The van der Waals surface area contributed by atoms with Crippen LogP contribution >= 0.6 is 0 Å². The Hall–Kier alpha value is -3.42. The topological polar surface area (TPSA) is 86.3 Å². The molecule has 0 fully saturated rings. The molecule has 0 bridgehead atoms. The van der Waals surface area contributed by atoms with Gasteiger partial charge in [0.15, 0.2) is 18.1 Å². The molecular formula is C21H24N2O6. The fraction of sp³-hybridized carbons (Fsp3) is 0.333. The third-order valence-corrected chi connectivity index (χ3v) is 4.53. The van der Waals surface area contributed by atoms with Crippen molar-refractivity contribution >= 4 is 23.2 Å². The van der Waals surface area contributed by atoms with Crippen molar-refractivity contribution in [3.8, 4) is 23.0 Å². The van der Waals surface area contributed by atoms with Crippen LogP contribution < -0.4 is 29.2 Å². The molecule has 1 aliphatic heterocycles.